The molecule has 1 heterocycles. The maximum absolute atomic E-state index is 12.5. The minimum atomic E-state index is -0.238. The van der Waals surface area contributed by atoms with E-state index in [0.29, 0.717) is 5.56 Å². The standard InChI is InChI=1S/C17H16N2O3/c20-13-3-1-2-10(8-13)9-18-19-16(21)14-11-4-5-12(7-6-11)15(14)17(19)22/h1-5,8-9,11-12,14-15,20H,6-7H2/b18-9-/t11-,12+,14-,15-/m0/s1. The van der Waals surface area contributed by atoms with E-state index in [1.54, 1.807) is 18.2 Å². The largest absolute Gasteiger partial charge is 0.508 e. The third-order valence-electron chi connectivity index (χ3n) is 4.93. The molecule has 1 saturated heterocycles. The van der Waals surface area contributed by atoms with Crippen LogP contribution in [0.4, 0.5) is 0 Å². The molecule has 5 rings (SSSR count). The van der Waals surface area contributed by atoms with Crippen molar-refractivity contribution in [2.75, 3.05) is 0 Å². The van der Waals surface area contributed by atoms with Crippen LogP contribution in [0.5, 0.6) is 5.75 Å². The minimum Gasteiger partial charge on any atom is -0.508 e. The van der Waals surface area contributed by atoms with Crippen LogP contribution in [-0.2, 0) is 9.59 Å². The Morgan fingerprint density at radius 2 is 1.73 bits per heavy atom. The summed E-state index contributed by atoms with van der Waals surface area (Å²) < 4.78 is 0. The summed E-state index contributed by atoms with van der Waals surface area (Å²) >= 11 is 0. The number of hydrogen-bond acceptors (Lipinski definition) is 4. The van der Waals surface area contributed by atoms with Crippen molar-refractivity contribution in [2.45, 2.75) is 12.8 Å². The topological polar surface area (TPSA) is 70.0 Å². The van der Waals surface area contributed by atoms with Crippen molar-refractivity contribution in [3.05, 3.63) is 42.0 Å². The summed E-state index contributed by atoms with van der Waals surface area (Å²) in [6.45, 7) is 0. The number of carbonyl (C=O) groups is 2. The van der Waals surface area contributed by atoms with Gasteiger partial charge in [-0.3, -0.25) is 9.59 Å². The second kappa shape index (κ2) is 4.80. The van der Waals surface area contributed by atoms with Gasteiger partial charge in [0.1, 0.15) is 5.75 Å². The summed E-state index contributed by atoms with van der Waals surface area (Å²) in [6, 6.07) is 6.54. The first kappa shape index (κ1) is 13.2. The number of phenolic OH excluding ortho intramolecular Hbond substituents is 1. The third-order valence-corrected chi connectivity index (χ3v) is 4.93. The normalized spacial score (nSPS) is 33.0. The lowest BCUT2D eigenvalue weighted by molar-refractivity contribution is -0.140. The van der Waals surface area contributed by atoms with Crippen LogP contribution in [0.15, 0.2) is 41.5 Å². The van der Waals surface area contributed by atoms with Crippen LogP contribution in [0.3, 0.4) is 0 Å². The summed E-state index contributed by atoms with van der Waals surface area (Å²) in [7, 11) is 0. The van der Waals surface area contributed by atoms with E-state index in [1.165, 1.54) is 12.3 Å². The highest BCUT2D eigenvalue weighted by Crippen LogP contribution is 2.49. The molecule has 4 atom stereocenters. The van der Waals surface area contributed by atoms with E-state index in [-0.39, 0.29) is 41.2 Å². The van der Waals surface area contributed by atoms with Gasteiger partial charge in [0.2, 0.25) is 0 Å². The van der Waals surface area contributed by atoms with E-state index < -0.39 is 0 Å². The van der Waals surface area contributed by atoms with Gasteiger partial charge in [0.15, 0.2) is 0 Å². The van der Waals surface area contributed by atoms with Crippen molar-refractivity contribution in [1.82, 2.24) is 5.01 Å². The molecule has 3 aliphatic carbocycles. The Labute approximate surface area is 127 Å². The van der Waals surface area contributed by atoms with E-state index >= 15 is 0 Å². The fourth-order valence-corrected chi connectivity index (χ4v) is 3.90. The Kier molecular flexibility index (Phi) is 2.89. The van der Waals surface area contributed by atoms with E-state index in [9.17, 15) is 14.7 Å². The molecule has 1 aromatic rings. The monoisotopic (exact) mass is 296 g/mol. The Balaban J connectivity index is 1.61. The summed E-state index contributed by atoms with van der Waals surface area (Å²) in [5, 5.41) is 14.6. The zero-order valence-electron chi connectivity index (χ0n) is 11.9. The van der Waals surface area contributed by atoms with Crippen molar-refractivity contribution in [2.24, 2.45) is 28.8 Å². The van der Waals surface area contributed by atoms with Gasteiger partial charge < -0.3 is 5.11 Å². The minimum absolute atomic E-state index is 0.124. The number of imide groups is 1. The number of aromatic hydroxyl groups is 1. The van der Waals surface area contributed by atoms with Crippen molar-refractivity contribution in [1.29, 1.82) is 0 Å². The fraction of sp³-hybridized carbons (Fsp3) is 0.353. The zero-order chi connectivity index (χ0) is 15.3. The van der Waals surface area contributed by atoms with Gasteiger partial charge >= 0.3 is 0 Å². The van der Waals surface area contributed by atoms with E-state index in [1.807, 2.05) is 0 Å². The van der Waals surface area contributed by atoms with Crippen LogP contribution in [-0.4, -0.2) is 28.1 Å². The highest BCUT2D eigenvalue weighted by atomic mass is 16.3. The van der Waals surface area contributed by atoms with Gasteiger partial charge in [0, 0.05) is 0 Å². The molecule has 5 nitrogen and oxygen atoms in total. The molecule has 2 fully saturated rings. The maximum Gasteiger partial charge on any atom is 0.254 e. The molecule has 4 aliphatic rings. The number of hydrogen-bond donors (Lipinski definition) is 1. The summed E-state index contributed by atoms with van der Waals surface area (Å²) in [4.78, 5) is 25.1. The number of benzene rings is 1. The van der Waals surface area contributed by atoms with Crippen LogP contribution in [0, 0.1) is 23.7 Å². The Morgan fingerprint density at radius 3 is 2.27 bits per heavy atom. The Bertz CT molecular complexity index is 678. The number of phenols is 1. The first-order valence-corrected chi connectivity index (χ1v) is 7.54. The quantitative estimate of drug-likeness (QED) is 0.515. The van der Waals surface area contributed by atoms with Crippen molar-refractivity contribution < 1.29 is 14.7 Å². The molecule has 0 aromatic heterocycles. The van der Waals surface area contributed by atoms with E-state index in [4.69, 9.17) is 0 Å². The molecule has 1 saturated carbocycles. The molecule has 2 amide bonds. The molecular weight excluding hydrogens is 280 g/mol. The zero-order valence-corrected chi connectivity index (χ0v) is 11.9. The Hall–Kier alpha value is -2.43. The fourth-order valence-electron chi connectivity index (χ4n) is 3.90. The van der Waals surface area contributed by atoms with Crippen LogP contribution in [0.2, 0.25) is 0 Å². The number of hydrazone groups is 1. The number of fused-ring (bicyclic) bond motifs is 1. The highest BCUT2D eigenvalue weighted by Gasteiger charge is 2.56. The maximum atomic E-state index is 12.5. The van der Waals surface area contributed by atoms with Gasteiger partial charge in [-0.2, -0.15) is 10.1 Å². The van der Waals surface area contributed by atoms with Gasteiger partial charge in [0.05, 0.1) is 18.1 Å². The molecule has 0 spiro atoms. The van der Waals surface area contributed by atoms with Crippen LogP contribution in [0.1, 0.15) is 18.4 Å². The predicted octanol–water partition coefficient (Wildman–Crippen LogP) is 1.92. The number of amides is 2. The summed E-state index contributed by atoms with van der Waals surface area (Å²) in [6.07, 6.45) is 7.57. The number of carbonyl (C=O) groups excluding carboxylic acids is 2. The van der Waals surface area contributed by atoms with Gasteiger partial charge in [-0.15, -0.1) is 0 Å². The highest BCUT2D eigenvalue weighted by molar-refractivity contribution is 6.06. The Morgan fingerprint density at radius 1 is 1.09 bits per heavy atom. The number of nitrogens with zero attached hydrogens (tertiary/aromatic N) is 2. The smallest absolute Gasteiger partial charge is 0.254 e. The van der Waals surface area contributed by atoms with Crippen molar-refractivity contribution >= 4 is 18.0 Å². The molecule has 1 N–H and O–H groups in total. The van der Waals surface area contributed by atoms with Crippen LogP contribution >= 0.6 is 0 Å². The first-order chi connectivity index (χ1) is 10.6. The SMILES string of the molecule is O=C1[C@@H]2[C@@H](C(=O)N1/N=C\c1cccc(O)c1)[C@H]1C=C[C@@H]2CC1. The molecule has 1 aromatic carbocycles. The van der Waals surface area contributed by atoms with Crippen molar-refractivity contribution in [3.63, 3.8) is 0 Å². The van der Waals surface area contributed by atoms with Gasteiger partial charge in [0.25, 0.3) is 11.8 Å². The lowest BCUT2D eigenvalue weighted by Gasteiger charge is -2.37. The lowest BCUT2D eigenvalue weighted by atomic mass is 9.63. The summed E-state index contributed by atoms with van der Waals surface area (Å²) in [5.41, 5.74) is 0.650. The molecule has 0 radical (unpaired) electrons. The van der Waals surface area contributed by atoms with Crippen molar-refractivity contribution in [3.8, 4) is 5.75 Å². The second-order valence-electron chi connectivity index (χ2n) is 6.17. The summed E-state index contributed by atoms with van der Waals surface area (Å²) in [5.74, 6) is -0.384. The molecular formula is C17H16N2O3. The second-order valence-corrected chi connectivity index (χ2v) is 6.17. The van der Waals surface area contributed by atoms with Gasteiger partial charge in [-0.1, -0.05) is 24.3 Å². The molecule has 1 aliphatic heterocycles. The number of rotatable bonds is 2. The van der Waals surface area contributed by atoms with Gasteiger partial charge in [-0.25, -0.2) is 0 Å². The average molecular weight is 296 g/mol. The molecule has 5 heteroatoms. The average Bonchev–Trinajstić information content (AvgIpc) is 2.80. The van der Waals surface area contributed by atoms with Crippen LogP contribution < -0.4 is 0 Å². The predicted molar refractivity (Wildman–Crippen MR) is 79.9 cm³/mol. The van der Waals surface area contributed by atoms with Gasteiger partial charge in [-0.05, 0) is 42.4 Å². The molecule has 0 unspecified atom stereocenters. The molecule has 22 heavy (non-hydrogen) atoms. The van der Waals surface area contributed by atoms with Crippen LogP contribution in [0.25, 0.3) is 0 Å². The van der Waals surface area contributed by atoms with E-state index in [0.717, 1.165) is 17.9 Å². The first-order valence-electron chi connectivity index (χ1n) is 7.54. The van der Waals surface area contributed by atoms with E-state index in [2.05, 4.69) is 17.3 Å². The molecule has 2 bridgehead atoms. The molecule has 112 valence electrons. The number of allylic oxidation sites excluding steroid dienone is 2. The third kappa shape index (κ3) is 1.89. The lowest BCUT2D eigenvalue weighted by Crippen LogP contribution is -2.38.